The first-order chi connectivity index (χ1) is 11.8. The number of carbonyl (C=O) groups excluding carboxylic acids is 1. The van der Waals surface area contributed by atoms with Crippen molar-refractivity contribution in [1.29, 1.82) is 0 Å². The third-order valence-electron chi connectivity index (χ3n) is 4.40. The number of fused-ring (bicyclic) bond motifs is 1. The van der Waals surface area contributed by atoms with E-state index >= 15 is 0 Å². The Balaban J connectivity index is 1.49. The lowest BCUT2D eigenvalue weighted by Crippen LogP contribution is -2.48. The summed E-state index contributed by atoms with van der Waals surface area (Å²) in [6.45, 7) is 4.77. The minimum atomic E-state index is -0.588. The van der Waals surface area contributed by atoms with Crippen molar-refractivity contribution in [3.8, 4) is 23.3 Å². The van der Waals surface area contributed by atoms with Crippen LogP contribution in [0.25, 0.3) is 0 Å². The Bertz CT molecular complexity index is 635. The lowest BCUT2D eigenvalue weighted by atomic mass is 10.2. The SMILES string of the molecule is CCC#CCN1CCC[C@@H]1CNC(=O)C1COc2ccccc2O1. The van der Waals surface area contributed by atoms with Gasteiger partial charge in [0.25, 0.3) is 5.91 Å². The lowest BCUT2D eigenvalue weighted by Gasteiger charge is -2.27. The normalized spacial score (nSPS) is 22.5. The molecule has 0 radical (unpaired) electrons. The Morgan fingerprint density at radius 1 is 1.33 bits per heavy atom. The molecule has 5 heteroatoms. The van der Waals surface area contributed by atoms with Crippen LogP contribution in [0.1, 0.15) is 26.2 Å². The first-order valence-corrected chi connectivity index (χ1v) is 8.64. The summed E-state index contributed by atoms with van der Waals surface area (Å²) in [4.78, 5) is 14.7. The van der Waals surface area contributed by atoms with E-state index in [1.165, 1.54) is 0 Å². The third kappa shape index (κ3) is 4.01. The Labute approximate surface area is 143 Å². The van der Waals surface area contributed by atoms with E-state index in [0.717, 1.165) is 32.4 Å². The highest BCUT2D eigenvalue weighted by molar-refractivity contribution is 5.81. The maximum atomic E-state index is 12.4. The maximum absolute atomic E-state index is 12.4. The molecule has 0 spiro atoms. The van der Waals surface area contributed by atoms with Crippen molar-refractivity contribution in [1.82, 2.24) is 10.2 Å². The summed E-state index contributed by atoms with van der Waals surface area (Å²) in [5.41, 5.74) is 0. The number of benzene rings is 1. The number of amides is 1. The topological polar surface area (TPSA) is 50.8 Å². The largest absolute Gasteiger partial charge is 0.485 e. The molecule has 2 heterocycles. The lowest BCUT2D eigenvalue weighted by molar-refractivity contribution is -0.130. The number of nitrogens with one attached hydrogen (secondary N) is 1. The third-order valence-corrected chi connectivity index (χ3v) is 4.40. The maximum Gasteiger partial charge on any atom is 0.264 e. The van der Waals surface area contributed by atoms with Crippen LogP contribution < -0.4 is 14.8 Å². The fourth-order valence-electron chi connectivity index (χ4n) is 3.10. The van der Waals surface area contributed by atoms with Gasteiger partial charge in [0.2, 0.25) is 6.10 Å². The Morgan fingerprint density at radius 3 is 3.00 bits per heavy atom. The second kappa shape index (κ2) is 8.07. The number of rotatable bonds is 4. The van der Waals surface area contributed by atoms with Crippen molar-refractivity contribution in [2.45, 2.75) is 38.3 Å². The molecule has 1 aromatic rings. The molecule has 128 valence electrons. The molecule has 0 bridgehead atoms. The van der Waals surface area contributed by atoms with Crippen LogP contribution >= 0.6 is 0 Å². The number of ether oxygens (including phenoxy) is 2. The van der Waals surface area contributed by atoms with Gasteiger partial charge in [-0.15, -0.1) is 5.92 Å². The first-order valence-electron chi connectivity index (χ1n) is 8.64. The predicted octanol–water partition coefficient (Wildman–Crippen LogP) is 1.82. The zero-order valence-corrected chi connectivity index (χ0v) is 14.1. The molecule has 1 amide bonds. The van der Waals surface area contributed by atoms with Gasteiger partial charge in [0.1, 0.15) is 6.61 Å². The van der Waals surface area contributed by atoms with E-state index in [4.69, 9.17) is 9.47 Å². The number of likely N-dealkylation sites (tertiary alicyclic amines) is 1. The quantitative estimate of drug-likeness (QED) is 0.857. The fraction of sp³-hybridized carbons (Fsp3) is 0.526. The van der Waals surface area contributed by atoms with Crippen LogP contribution in [0.3, 0.4) is 0 Å². The van der Waals surface area contributed by atoms with Crippen LogP contribution in [-0.2, 0) is 4.79 Å². The second-order valence-corrected chi connectivity index (χ2v) is 6.08. The molecule has 1 fully saturated rings. The van der Waals surface area contributed by atoms with Crippen molar-refractivity contribution in [3.63, 3.8) is 0 Å². The smallest absolute Gasteiger partial charge is 0.264 e. The molecule has 0 saturated carbocycles. The van der Waals surface area contributed by atoms with Gasteiger partial charge < -0.3 is 14.8 Å². The van der Waals surface area contributed by atoms with Gasteiger partial charge >= 0.3 is 0 Å². The van der Waals surface area contributed by atoms with Gasteiger partial charge in [-0.25, -0.2) is 0 Å². The molecule has 1 aromatic carbocycles. The summed E-state index contributed by atoms with van der Waals surface area (Å²) in [6.07, 6.45) is 2.55. The van der Waals surface area contributed by atoms with E-state index in [1.807, 2.05) is 24.3 Å². The number of nitrogens with zero attached hydrogens (tertiary/aromatic N) is 1. The van der Waals surface area contributed by atoms with E-state index in [0.29, 0.717) is 24.1 Å². The number of para-hydroxylation sites is 2. The summed E-state index contributed by atoms with van der Waals surface area (Å²) in [6, 6.07) is 7.78. The zero-order chi connectivity index (χ0) is 16.8. The van der Waals surface area contributed by atoms with E-state index < -0.39 is 6.10 Å². The highest BCUT2D eigenvalue weighted by Crippen LogP contribution is 2.30. The summed E-state index contributed by atoms with van der Waals surface area (Å²) in [7, 11) is 0. The Hall–Kier alpha value is -2.19. The monoisotopic (exact) mass is 328 g/mol. The molecular weight excluding hydrogens is 304 g/mol. The molecule has 2 aliphatic rings. The van der Waals surface area contributed by atoms with Crippen LogP contribution in [0.15, 0.2) is 24.3 Å². The molecule has 1 N–H and O–H groups in total. The average molecular weight is 328 g/mol. The van der Waals surface area contributed by atoms with E-state index in [2.05, 4.69) is 29.0 Å². The van der Waals surface area contributed by atoms with Crippen molar-refractivity contribution >= 4 is 5.91 Å². The molecule has 3 rings (SSSR count). The van der Waals surface area contributed by atoms with Gasteiger partial charge in [-0.05, 0) is 31.5 Å². The molecule has 5 nitrogen and oxygen atoms in total. The average Bonchev–Trinajstić information content (AvgIpc) is 3.07. The summed E-state index contributed by atoms with van der Waals surface area (Å²) >= 11 is 0. The molecule has 24 heavy (non-hydrogen) atoms. The van der Waals surface area contributed by atoms with Gasteiger partial charge in [0.05, 0.1) is 6.54 Å². The minimum absolute atomic E-state index is 0.115. The van der Waals surface area contributed by atoms with Gasteiger partial charge in [0.15, 0.2) is 11.5 Å². The van der Waals surface area contributed by atoms with Crippen LogP contribution in [0.2, 0.25) is 0 Å². The van der Waals surface area contributed by atoms with Crippen molar-refractivity contribution in [2.24, 2.45) is 0 Å². The minimum Gasteiger partial charge on any atom is -0.485 e. The molecule has 1 saturated heterocycles. The van der Waals surface area contributed by atoms with Crippen molar-refractivity contribution in [2.75, 3.05) is 26.2 Å². The molecule has 0 aromatic heterocycles. The van der Waals surface area contributed by atoms with Gasteiger partial charge in [-0.1, -0.05) is 25.0 Å². The summed E-state index contributed by atoms with van der Waals surface area (Å²) in [5, 5.41) is 3.01. The number of hydrogen-bond acceptors (Lipinski definition) is 4. The Kier molecular flexibility index (Phi) is 5.60. The molecule has 1 unspecified atom stereocenters. The highest BCUT2D eigenvalue weighted by Gasteiger charge is 2.29. The van der Waals surface area contributed by atoms with Gasteiger partial charge in [-0.2, -0.15) is 0 Å². The van der Waals surface area contributed by atoms with Crippen molar-refractivity contribution in [3.05, 3.63) is 24.3 Å². The number of carbonyl (C=O) groups is 1. The van der Waals surface area contributed by atoms with Gasteiger partial charge in [0, 0.05) is 19.0 Å². The molecule has 2 atom stereocenters. The Morgan fingerprint density at radius 2 is 2.17 bits per heavy atom. The predicted molar refractivity (Wildman–Crippen MR) is 92.0 cm³/mol. The van der Waals surface area contributed by atoms with Crippen LogP contribution in [0.4, 0.5) is 0 Å². The van der Waals surface area contributed by atoms with Crippen LogP contribution in [0.5, 0.6) is 11.5 Å². The standard InChI is InChI=1S/C19H24N2O3/c1-2-3-6-11-21-12-7-8-15(21)13-20-19(22)18-14-23-16-9-4-5-10-17(16)24-18/h4-5,9-10,15,18H,2,7-8,11-14H2,1H3,(H,20,22)/t15-,18?/m1/s1. The fourth-order valence-corrected chi connectivity index (χ4v) is 3.10. The van der Waals surface area contributed by atoms with Gasteiger partial charge in [-0.3, -0.25) is 9.69 Å². The summed E-state index contributed by atoms with van der Waals surface area (Å²) < 4.78 is 11.3. The van der Waals surface area contributed by atoms with E-state index in [-0.39, 0.29) is 12.5 Å². The summed E-state index contributed by atoms with van der Waals surface area (Å²) in [5.74, 6) is 7.50. The first kappa shape index (κ1) is 16.7. The molecular formula is C19H24N2O3. The molecule has 2 aliphatic heterocycles. The molecule has 0 aliphatic carbocycles. The van der Waals surface area contributed by atoms with Crippen LogP contribution in [-0.4, -0.2) is 49.2 Å². The second-order valence-electron chi connectivity index (χ2n) is 6.08. The number of hydrogen-bond donors (Lipinski definition) is 1. The van der Waals surface area contributed by atoms with E-state index in [1.54, 1.807) is 0 Å². The van der Waals surface area contributed by atoms with E-state index in [9.17, 15) is 4.79 Å². The highest BCUT2D eigenvalue weighted by atomic mass is 16.6. The zero-order valence-electron chi connectivity index (χ0n) is 14.1. The van der Waals surface area contributed by atoms with Crippen LogP contribution in [0, 0.1) is 11.8 Å². The van der Waals surface area contributed by atoms with Crippen molar-refractivity contribution < 1.29 is 14.3 Å².